The molecule has 0 aliphatic rings. The molecule has 18 heavy (non-hydrogen) atoms. The topological polar surface area (TPSA) is 49.3 Å². The fourth-order valence-corrected chi connectivity index (χ4v) is 2.45. The first kappa shape index (κ1) is 14.7. The van der Waals surface area contributed by atoms with Crippen molar-refractivity contribution in [1.29, 1.82) is 0 Å². The van der Waals surface area contributed by atoms with Crippen LogP contribution < -0.4 is 5.32 Å². The van der Waals surface area contributed by atoms with Gasteiger partial charge in [0.15, 0.2) is 0 Å². The third-order valence-electron chi connectivity index (χ3n) is 3.81. The zero-order valence-corrected chi connectivity index (χ0v) is 11.9. The highest BCUT2D eigenvalue weighted by Crippen LogP contribution is 2.29. The Bertz CT molecular complexity index is 440. The Balaban J connectivity index is 3.09. The van der Waals surface area contributed by atoms with Crippen molar-refractivity contribution < 1.29 is 9.90 Å². The number of carboxylic acids is 1. The van der Waals surface area contributed by atoms with E-state index >= 15 is 0 Å². The van der Waals surface area contributed by atoms with Gasteiger partial charge in [0.2, 0.25) is 0 Å². The predicted octanol–water partition coefficient (Wildman–Crippen LogP) is 2.98. The number of aryl methyl sites for hydroxylation is 1. The zero-order chi connectivity index (χ0) is 13.9. The molecule has 3 nitrogen and oxygen atoms in total. The van der Waals surface area contributed by atoms with Gasteiger partial charge in [-0.3, -0.25) is 4.79 Å². The number of rotatable bonds is 5. The molecule has 0 saturated heterocycles. The number of benzene rings is 1. The van der Waals surface area contributed by atoms with Gasteiger partial charge in [0.25, 0.3) is 0 Å². The van der Waals surface area contributed by atoms with Crippen LogP contribution in [0.4, 0.5) is 0 Å². The van der Waals surface area contributed by atoms with Crippen molar-refractivity contribution in [2.75, 3.05) is 7.05 Å². The van der Waals surface area contributed by atoms with Crippen molar-refractivity contribution in [3.05, 3.63) is 34.4 Å². The molecule has 0 aromatic heterocycles. The summed E-state index contributed by atoms with van der Waals surface area (Å²) >= 11 is 0. The summed E-state index contributed by atoms with van der Waals surface area (Å²) in [6, 6.07) is 4.30. The molecule has 0 fully saturated rings. The second-order valence-electron chi connectivity index (χ2n) is 5.06. The molecule has 0 radical (unpaired) electrons. The Labute approximate surface area is 109 Å². The summed E-state index contributed by atoms with van der Waals surface area (Å²) in [7, 11) is 1.89. The molecule has 0 aliphatic heterocycles. The van der Waals surface area contributed by atoms with Crippen molar-refractivity contribution >= 4 is 5.97 Å². The molecular formula is C15H23NO2. The summed E-state index contributed by atoms with van der Waals surface area (Å²) in [5, 5.41) is 12.2. The Morgan fingerprint density at radius 1 is 1.28 bits per heavy atom. The molecule has 0 saturated carbocycles. The van der Waals surface area contributed by atoms with Crippen LogP contribution in [0, 0.1) is 26.7 Å². The summed E-state index contributed by atoms with van der Waals surface area (Å²) in [4.78, 5) is 10.8. The minimum Gasteiger partial charge on any atom is -0.481 e. The van der Waals surface area contributed by atoms with E-state index in [1.807, 2.05) is 14.0 Å². The van der Waals surface area contributed by atoms with Crippen LogP contribution in [0.15, 0.2) is 12.1 Å². The molecule has 3 heteroatoms. The second kappa shape index (κ2) is 6.01. The molecule has 0 spiro atoms. The van der Waals surface area contributed by atoms with Crippen molar-refractivity contribution in [3.63, 3.8) is 0 Å². The minimum absolute atomic E-state index is 0.0632. The van der Waals surface area contributed by atoms with Gasteiger partial charge in [-0.05, 0) is 56.0 Å². The molecule has 0 bridgehead atoms. The highest BCUT2D eigenvalue weighted by Gasteiger charge is 2.22. The first-order chi connectivity index (χ1) is 8.38. The Kier molecular flexibility index (Phi) is 4.91. The van der Waals surface area contributed by atoms with E-state index in [0.29, 0.717) is 0 Å². The maximum absolute atomic E-state index is 10.8. The van der Waals surface area contributed by atoms with Crippen LogP contribution >= 0.6 is 0 Å². The van der Waals surface area contributed by atoms with E-state index in [-0.39, 0.29) is 18.4 Å². The largest absolute Gasteiger partial charge is 0.481 e. The first-order valence-electron chi connectivity index (χ1n) is 6.34. The fourth-order valence-electron chi connectivity index (χ4n) is 2.45. The number of hydrogen-bond donors (Lipinski definition) is 2. The van der Waals surface area contributed by atoms with Crippen LogP contribution in [0.5, 0.6) is 0 Å². The van der Waals surface area contributed by atoms with Gasteiger partial charge in [0.05, 0.1) is 0 Å². The summed E-state index contributed by atoms with van der Waals surface area (Å²) in [6.07, 6.45) is 0.178. The van der Waals surface area contributed by atoms with Gasteiger partial charge in [-0.15, -0.1) is 0 Å². The van der Waals surface area contributed by atoms with Gasteiger partial charge in [-0.2, -0.15) is 0 Å². The second-order valence-corrected chi connectivity index (χ2v) is 5.06. The Morgan fingerprint density at radius 2 is 1.89 bits per heavy atom. The van der Waals surface area contributed by atoms with Crippen LogP contribution in [0.1, 0.15) is 41.6 Å². The maximum Gasteiger partial charge on any atom is 0.303 e. The summed E-state index contributed by atoms with van der Waals surface area (Å²) in [6.45, 7) is 8.29. The fraction of sp³-hybridized carbons (Fsp3) is 0.533. The van der Waals surface area contributed by atoms with Gasteiger partial charge in [-0.1, -0.05) is 19.1 Å². The quantitative estimate of drug-likeness (QED) is 0.843. The van der Waals surface area contributed by atoms with Crippen LogP contribution in [0.2, 0.25) is 0 Å². The maximum atomic E-state index is 10.8. The summed E-state index contributed by atoms with van der Waals surface area (Å²) < 4.78 is 0. The lowest BCUT2D eigenvalue weighted by atomic mass is 9.87. The Hall–Kier alpha value is -1.35. The summed E-state index contributed by atoms with van der Waals surface area (Å²) in [5.74, 6) is -0.683. The lowest BCUT2D eigenvalue weighted by Crippen LogP contribution is -2.26. The van der Waals surface area contributed by atoms with E-state index in [1.54, 1.807) is 0 Å². The van der Waals surface area contributed by atoms with Crippen molar-refractivity contribution in [3.8, 4) is 0 Å². The Morgan fingerprint density at radius 3 is 2.39 bits per heavy atom. The van der Waals surface area contributed by atoms with E-state index in [9.17, 15) is 4.79 Å². The molecule has 0 aliphatic carbocycles. The van der Waals surface area contributed by atoms with Gasteiger partial charge < -0.3 is 10.4 Å². The molecule has 2 N–H and O–H groups in total. The molecule has 100 valence electrons. The molecule has 1 aromatic rings. The molecule has 2 unspecified atom stereocenters. The number of aliphatic carboxylic acids is 1. The average Bonchev–Trinajstić information content (AvgIpc) is 2.29. The van der Waals surface area contributed by atoms with Crippen molar-refractivity contribution in [2.45, 2.75) is 40.2 Å². The molecule has 2 atom stereocenters. The minimum atomic E-state index is -0.746. The van der Waals surface area contributed by atoms with Gasteiger partial charge >= 0.3 is 5.97 Å². The van der Waals surface area contributed by atoms with Crippen LogP contribution in [-0.4, -0.2) is 18.1 Å². The van der Waals surface area contributed by atoms with Crippen LogP contribution in [-0.2, 0) is 4.79 Å². The van der Waals surface area contributed by atoms with Gasteiger partial charge in [0.1, 0.15) is 0 Å². The highest BCUT2D eigenvalue weighted by molar-refractivity contribution is 5.67. The predicted molar refractivity (Wildman–Crippen MR) is 73.9 cm³/mol. The van der Waals surface area contributed by atoms with Gasteiger partial charge in [-0.25, -0.2) is 0 Å². The third-order valence-corrected chi connectivity index (χ3v) is 3.81. The lowest BCUT2D eigenvalue weighted by molar-refractivity contribution is -0.138. The molecular weight excluding hydrogens is 226 g/mol. The van der Waals surface area contributed by atoms with E-state index in [0.717, 1.165) is 0 Å². The van der Waals surface area contributed by atoms with E-state index < -0.39 is 5.97 Å². The lowest BCUT2D eigenvalue weighted by Gasteiger charge is -2.25. The van der Waals surface area contributed by atoms with Crippen LogP contribution in [0.25, 0.3) is 0 Å². The molecule has 0 heterocycles. The van der Waals surface area contributed by atoms with Crippen molar-refractivity contribution in [1.82, 2.24) is 5.32 Å². The normalized spacial score (nSPS) is 14.3. The average molecular weight is 249 g/mol. The third kappa shape index (κ3) is 3.10. The number of hydrogen-bond acceptors (Lipinski definition) is 2. The number of carbonyl (C=O) groups is 1. The first-order valence-corrected chi connectivity index (χ1v) is 6.34. The molecule has 1 rings (SSSR count). The van der Waals surface area contributed by atoms with Crippen LogP contribution in [0.3, 0.4) is 0 Å². The van der Waals surface area contributed by atoms with E-state index in [2.05, 4.69) is 38.2 Å². The van der Waals surface area contributed by atoms with Crippen molar-refractivity contribution in [2.24, 2.45) is 5.92 Å². The zero-order valence-electron chi connectivity index (χ0n) is 11.9. The number of carboxylic acid groups (broad SMARTS) is 1. The number of nitrogens with one attached hydrogen (secondary N) is 1. The molecule has 0 amide bonds. The molecule has 1 aromatic carbocycles. The summed E-state index contributed by atoms with van der Waals surface area (Å²) in [5.41, 5.74) is 5.02. The monoisotopic (exact) mass is 249 g/mol. The van der Waals surface area contributed by atoms with E-state index in [1.165, 1.54) is 22.3 Å². The SMILES string of the molecule is CNC(c1ccc(C)c(C)c1C)C(C)CC(=O)O. The standard InChI is InChI=1S/C15H23NO2/c1-9-6-7-13(12(4)11(9)3)15(16-5)10(2)8-14(17)18/h6-7,10,15-16H,8H2,1-5H3,(H,17,18). The van der Waals surface area contributed by atoms with Gasteiger partial charge in [0, 0.05) is 12.5 Å². The van der Waals surface area contributed by atoms with E-state index in [4.69, 9.17) is 5.11 Å². The highest BCUT2D eigenvalue weighted by atomic mass is 16.4. The smallest absolute Gasteiger partial charge is 0.303 e.